The van der Waals surface area contributed by atoms with E-state index in [0.29, 0.717) is 13.1 Å². The van der Waals surface area contributed by atoms with E-state index < -0.39 is 0 Å². The van der Waals surface area contributed by atoms with Crippen LogP contribution in [-0.4, -0.2) is 16.9 Å². The maximum absolute atomic E-state index is 11.7. The molecule has 3 rings (SSSR count). The van der Waals surface area contributed by atoms with Crippen LogP contribution in [0.4, 0.5) is 0 Å². The molecule has 88 valence electrons. The van der Waals surface area contributed by atoms with Gasteiger partial charge in [-0.15, -0.1) is 0 Å². The second-order valence-corrected chi connectivity index (χ2v) is 4.01. The van der Waals surface area contributed by atoms with Crippen molar-refractivity contribution in [2.45, 2.75) is 13.1 Å². The van der Waals surface area contributed by atoms with Crippen LogP contribution in [-0.2, 0) is 13.1 Å². The van der Waals surface area contributed by atoms with Gasteiger partial charge in [-0.1, -0.05) is 6.07 Å². The van der Waals surface area contributed by atoms with Gasteiger partial charge in [0.25, 0.3) is 5.56 Å². The number of aromatic nitrogens is 2. The molecule has 1 aliphatic rings. The van der Waals surface area contributed by atoms with Crippen molar-refractivity contribution in [2.75, 3.05) is 7.11 Å². The van der Waals surface area contributed by atoms with Crippen LogP contribution in [0.1, 0.15) is 11.3 Å². The summed E-state index contributed by atoms with van der Waals surface area (Å²) in [6, 6.07) is 7.62. The molecule has 0 bridgehead atoms. The van der Waals surface area contributed by atoms with Crippen molar-refractivity contribution in [3.05, 3.63) is 45.9 Å². The highest BCUT2D eigenvalue weighted by Gasteiger charge is 2.20. The molecule has 2 aromatic rings. The summed E-state index contributed by atoms with van der Waals surface area (Å²) in [6.45, 7) is 1.35. The van der Waals surface area contributed by atoms with Gasteiger partial charge in [0, 0.05) is 19.2 Å². The number of nitrogens with one attached hydrogen (secondary N) is 2. The molecule has 1 aromatic heterocycles. The van der Waals surface area contributed by atoms with Gasteiger partial charge in [-0.2, -0.15) is 0 Å². The molecule has 1 aromatic carbocycles. The Labute approximate surface area is 98.0 Å². The van der Waals surface area contributed by atoms with Crippen molar-refractivity contribution in [3.63, 3.8) is 0 Å². The van der Waals surface area contributed by atoms with Gasteiger partial charge in [0.05, 0.1) is 24.1 Å². The van der Waals surface area contributed by atoms with Gasteiger partial charge < -0.3 is 10.1 Å². The fourth-order valence-electron chi connectivity index (χ4n) is 2.15. The second kappa shape index (κ2) is 3.78. The molecule has 17 heavy (non-hydrogen) atoms. The number of aromatic amines is 1. The highest BCUT2D eigenvalue weighted by Crippen LogP contribution is 2.19. The van der Waals surface area contributed by atoms with Crippen LogP contribution in [0.2, 0.25) is 0 Å². The van der Waals surface area contributed by atoms with Crippen LogP contribution in [0.3, 0.4) is 0 Å². The third-order valence-electron chi connectivity index (χ3n) is 3.01. The SMILES string of the molecule is COc1cccc(-n2[nH]c(=O)c3c2CNC3)c1. The van der Waals surface area contributed by atoms with E-state index in [2.05, 4.69) is 10.4 Å². The first kappa shape index (κ1) is 10.2. The number of benzene rings is 1. The maximum atomic E-state index is 11.7. The number of rotatable bonds is 2. The van der Waals surface area contributed by atoms with E-state index in [1.165, 1.54) is 0 Å². The lowest BCUT2D eigenvalue weighted by Crippen LogP contribution is -2.13. The van der Waals surface area contributed by atoms with Crippen LogP contribution in [0.15, 0.2) is 29.1 Å². The second-order valence-electron chi connectivity index (χ2n) is 4.01. The molecular formula is C12H13N3O2. The summed E-state index contributed by atoms with van der Waals surface area (Å²) in [5, 5.41) is 6.02. The number of fused-ring (bicyclic) bond motifs is 1. The number of hydrogen-bond acceptors (Lipinski definition) is 3. The van der Waals surface area contributed by atoms with Gasteiger partial charge in [0.2, 0.25) is 0 Å². The molecule has 5 heteroatoms. The number of ether oxygens (including phenoxy) is 1. The first-order chi connectivity index (χ1) is 8.29. The van der Waals surface area contributed by atoms with Gasteiger partial charge in [0.15, 0.2) is 0 Å². The van der Waals surface area contributed by atoms with Gasteiger partial charge in [-0.05, 0) is 12.1 Å². The fraction of sp³-hybridized carbons (Fsp3) is 0.250. The highest BCUT2D eigenvalue weighted by atomic mass is 16.5. The molecule has 1 aliphatic heterocycles. The third-order valence-corrected chi connectivity index (χ3v) is 3.01. The van der Waals surface area contributed by atoms with Crippen LogP contribution < -0.4 is 15.6 Å². The summed E-state index contributed by atoms with van der Waals surface area (Å²) >= 11 is 0. The maximum Gasteiger partial charge on any atom is 0.269 e. The zero-order valence-corrected chi connectivity index (χ0v) is 9.49. The monoisotopic (exact) mass is 231 g/mol. The lowest BCUT2D eigenvalue weighted by molar-refractivity contribution is 0.414. The molecule has 5 nitrogen and oxygen atoms in total. The Hall–Kier alpha value is -2.01. The zero-order chi connectivity index (χ0) is 11.8. The van der Waals surface area contributed by atoms with E-state index in [1.54, 1.807) is 7.11 Å². The normalized spacial score (nSPS) is 13.7. The Kier molecular flexibility index (Phi) is 2.26. The van der Waals surface area contributed by atoms with E-state index in [9.17, 15) is 4.79 Å². The summed E-state index contributed by atoms with van der Waals surface area (Å²) in [4.78, 5) is 11.7. The van der Waals surface area contributed by atoms with Gasteiger partial charge in [-0.3, -0.25) is 14.6 Å². The first-order valence-corrected chi connectivity index (χ1v) is 5.47. The van der Waals surface area contributed by atoms with Crippen LogP contribution in [0.25, 0.3) is 5.69 Å². The smallest absolute Gasteiger partial charge is 0.269 e. The Morgan fingerprint density at radius 3 is 3.06 bits per heavy atom. The van der Waals surface area contributed by atoms with Crippen molar-refractivity contribution >= 4 is 0 Å². The van der Waals surface area contributed by atoms with Gasteiger partial charge in [-0.25, -0.2) is 0 Å². The molecule has 0 fully saturated rings. The Bertz CT molecular complexity index is 612. The topological polar surface area (TPSA) is 59.0 Å². The standard InChI is InChI=1S/C12H13N3O2/c1-17-9-4-2-3-8(5-9)15-11-7-13-6-10(11)12(16)14-15/h2-5,13H,6-7H2,1H3,(H,14,16). The molecule has 0 aliphatic carbocycles. The van der Waals surface area contributed by atoms with Crippen LogP contribution in [0.5, 0.6) is 5.75 Å². The Morgan fingerprint density at radius 1 is 1.35 bits per heavy atom. The largest absolute Gasteiger partial charge is 0.497 e. The van der Waals surface area contributed by atoms with Gasteiger partial charge >= 0.3 is 0 Å². The lowest BCUT2D eigenvalue weighted by atomic mass is 10.2. The van der Waals surface area contributed by atoms with E-state index >= 15 is 0 Å². The first-order valence-electron chi connectivity index (χ1n) is 5.47. The number of methoxy groups -OCH3 is 1. The molecule has 0 atom stereocenters. The summed E-state index contributed by atoms with van der Waals surface area (Å²) in [6.07, 6.45) is 0. The third kappa shape index (κ3) is 1.55. The molecule has 0 radical (unpaired) electrons. The molecule has 0 saturated carbocycles. The average Bonchev–Trinajstić information content (AvgIpc) is 2.94. The lowest BCUT2D eigenvalue weighted by Gasteiger charge is -2.08. The predicted octanol–water partition coefficient (Wildman–Crippen LogP) is 0.777. The molecule has 0 spiro atoms. The quantitative estimate of drug-likeness (QED) is 0.803. The minimum absolute atomic E-state index is 0.0205. The number of nitrogens with zero attached hydrogens (tertiary/aromatic N) is 1. The van der Waals surface area contributed by atoms with Crippen molar-refractivity contribution in [2.24, 2.45) is 0 Å². The van der Waals surface area contributed by atoms with E-state index in [4.69, 9.17) is 4.74 Å². The van der Waals surface area contributed by atoms with E-state index in [0.717, 1.165) is 22.7 Å². The minimum atomic E-state index is -0.0205. The van der Waals surface area contributed by atoms with Crippen LogP contribution >= 0.6 is 0 Å². The summed E-state index contributed by atoms with van der Waals surface area (Å²) < 4.78 is 7.00. The fourth-order valence-corrected chi connectivity index (χ4v) is 2.15. The summed E-state index contributed by atoms with van der Waals surface area (Å²) in [5.74, 6) is 0.775. The Balaban J connectivity index is 2.15. The molecule has 2 N–H and O–H groups in total. The molecule has 0 saturated heterocycles. The summed E-state index contributed by atoms with van der Waals surface area (Å²) in [5.41, 5.74) is 2.72. The predicted molar refractivity (Wildman–Crippen MR) is 63.5 cm³/mol. The molecular weight excluding hydrogens is 218 g/mol. The van der Waals surface area contributed by atoms with Crippen molar-refractivity contribution in [1.82, 2.24) is 15.1 Å². The molecule has 0 amide bonds. The molecule has 2 heterocycles. The number of H-pyrrole nitrogens is 1. The van der Waals surface area contributed by atoms with Crippen molar-refractivity contribution in [3.8, 4) is 11.4 Å². The van der Waals surface area contributed by atoms with Crippen molar-refractivity contribution in [1.29, 1.82) is 0 Å². The van der Waals surface area contributed by atoms with E-state index in [-0.39, 0.29) is 5.56 Å². The van der Waals surface area contributed by atoms with E-state index in [1.807, 2.05) is 28.9 Å². The summed E-state index contributed by atoms with van der Waals surface area (Å²) in [7, 11) is 1.63. The van der Waals surface area contributed by atoms with Crippen molar-refractivity contribution < 1.29 is 4.74 Å². The average molecular weight is 231 g/mol. The molecule has 0 unspecified atom stereocenters. The highest BCUT2D eigenvalue weighted by molar-refractivity contribution is 5.41. The zero-order valence-electron chi connectivity index (χ0n) is 9.49. The minimum Gasteiger partial charge on any atom is -0.497 e. The number of hydrogen-bond donors (Lipinski definition) is 2. The van der Waals surface area contributed by atoms with Crippen LogP contribution in [0, 0.1) is 0 Å². The van der Waals surface area contributed by atoms with Gasteiger partial charge in [0.1, 0.15) is 5.75 Å². The Morgan fingerprint density at radius 2 is 2.24 bits per heavy atom.